The predicted molar refractivity (Wildman–Crippen MR) is 81.9 cm³/mol. The highest BCUT2D eigenvalue weighted by Gasteiger charge is 2.24. The first kappa shape index (κ1) is 16.1. The van der Waals surface area contributed by atoms with Gasteiger partial charge in [0.05, 0.1) is 4.90 Å². The summed E-state index contributed by atoms with van der Waals surface area (Å²) in [6, 6.07) is 6.16. The van der Waals surface area contributed by atoms with Crippen LogP contribution in [-0.4, -0.2) is 44.8 Å². The molecule has 2 rings (SSSR count). The van der Waals surface area contributed by atoms with Crippen molar-refractivity contribution in [2.45, 2.75) is 37.6 Å². The van der Waals surface area contributed by atoms with Crippen molar-refractivity contribution in [2.75, 3.05) is 19.6 Å². The van der Waals surface area contributed by atoms with Crippen molar-refractivity contribution in [3.05, 3.63) is 29.8 Å². The maximum Gasteiger partial charge on any atom is 0.240 e. The fraction of sp³-hybridized carbons (Fsp3) is 0.533. The Morgan fingerprint density at radius 2 is 2.00 bits per heavy atom. The molecule has 0 spiro atoms. The molecular weight excluding hydrogens is 288 g/mol. The van der Waals surface area contributed by atoms with Gasteiger partial charge in [-0.2, -0.15) is 0 Å². The monoisotopic (exact) mass is 310 g/mol. The van der Waals surface area contributed by atoms with Crippen LogP contribution in [0.4, 0.5) is 0 Å². The smallest absolute Gasteiger partial charge is 0.240 e. The highest BCUT2D eigenvalue weighted by Crippen LogP contribution is 2.16. The molecule has 1 heterocycles. The third-order valence-electron chi connectivity index (χ3n) is 3.91. The summed E-state index contributed by atoms with van der Waals surface area (Å²) in [5.74, 6) is -0.136. The molecule has 0 bridgehead atoms. The second kappa shape index (κ2) is 6.68. The second-order valence-electron chi connectivity index (χ2n) is 5.41. The van der Waals surface area contributed by atoms with E-state index in [2.05, 4.69) is 16.5 Å². The fourth-order valence-electron chi connectivity index (χ4n) is 2.54. The van der Waals surface area contributed by atoms with Crippen molar-refractivity contribution in [1.29, 1.82) is 0 Å². The van der Waals surface area contributed by atoms with Gasteiger partial charge in [-0.1, -0.05) is 19.1 Å². The highest BCUT2D eigenvalue weighted by atomic mass is 32.2. The maximum absolute atomic E-state index is 12.4. The molecule has 1 N–H and O–H groups in total. The van der Waals surface area contributed by atoms with Gasteiger partial charge in [-0.05, 0) is 51.5 Å². The number of rotatable bonds is 5. The first-order valence-corrected chi connectivity index (χ1v) is 8.76. The minimum atomic E-state index is -3.56. The number of piperidine rings is 1. The zero-order chi connectivity index (χ0) is 15.5. The van der Waals surface area contributed by atoms with Crippen molar-refractivity contribution < 1.29 is 13.2 Å². The minimum Gasteiger partial charge on any atom is -0.303 e. The van der Waals surface area contributed by atoms with E-state index in [1.165, 1.54) is 19.1 Å². The van der Waals surface area contributed by atoms with Gasteiger partial charge < -0.3 is 4.90 Å². The number of likely N-dealkylation sites (tertiary alicyclic amines) is 1. The third-order valence-corrected chi connectivity index (χ3v) is 5.43. The zero-order valence-corrected chi connectivity index (χ0v) is 13.3. The fourth-order valence-corrected chi connectivity index (χ4v) is 3.89. The van der Waals surface area contributed by atoms with Gasteiger partial charge in [0, 0.05) is 11.6 Å². The lowest BCUT2D eigenvalue weighted by Crippen LogP contribution is -2.44. The number of nitrogens with one attached hydrogen (secondary N) is 1. The number of carbonyl (C=O) groups is 1. The van der Waals surface area contributed by atoms with Gasteiger partial charge >= 0.3 is 0 Å². The first-order valence-electron chi connectivity index (χ1n) is 7.28. The maximum atomic E-state index is 12.4. The van der Waals surface area contributed by atoms with E-state index in [0.29, 0.717) is 5.56 Å². The molecule has 0 aliphatic carbocycles. The van der Waals surface area contributed by atoms with Crippen molar-refractivity contribution in [1.82, 2.24) is 9.62 Å². The molecule has 1 aromatic carbocycles. The van der Waals surface area contributed by atoms with E-state index in [9.17, 15) is 13.2 Å². The Labute approximate surface area is 126 Å². The van der Waals surface area contributed by atoms with Gasteiger partial charge in [-0.25, -0.2) is 13.1 Å². The predicted octanol–water partition coefficient (Wildman–Crippen LogP) is 1.65. The van der Waals surface area contributed by atoms with E-state index in [4.69, 9.17) is 0 Å². The average molecular weight is 310 g/mol. The van der Waals surface area contributed by atoms with Crippen LogP contribution in [0, 0.1) is 0 Å². The van der Waals surface area contributed by atoms with Gasteiger partial charge in [0.2, 0.25) is 10.0 Å². The number of hydrogen-bond acceptors (Lipinski definition) is 4. The number of benzene rings is 1. The van der Waals surface area contributed by atoms with Crippen LogP contribution < -0.4 is 4.72 Å². The molecule has 0 atom stereocenters. The van der Waals surface area contributed by atoms with Gasteiger partial charge in [0.1, 0.15) is 0 Å². The van der Waals surface area contributed by atoms with E-state index in [0.717, 1.165) is 32.5 Å². The number of hydrogen-bond donors (Lipinski definition) is 1. The van der Waals surface area contributed by atoms with E-state index < -0.39 is 10.0 Å². The summed E-state index contributed by atoms with van der Waals surface area (Å²) < 4.78 is 27.5. The number of sulfonamides is 1. The standard InChI is InChI=1S/C15H22N2O3S/c1-3-17-9-7-14(8-10-17)16-21(19,20)15-6-4-5-13(11-15)12(2)18/h4-6,11,14,16H,3,7-10H2,1-2H3. The largest absolute Gasteiger partial charge is 0.303 e. The molecule has 1 aliphatic rings. The normalized spacial score (nSPS) is 17.8. The Morgan fingerprint density at radius 1 is 1.33 bits per heavy atom. The van der Waals surface area contributed by atoms with E-state index >= 15 is 0 Å². The van der Waals surface area contributed by atoms with Crippen molar-refractivity contribution >= 4 is 15.8 Å². The Bertz CT molecular complexity index is 605. The minimum absolute atomic E-state index is 0.0289. The Kier molecular flexibility index (Phi) is 5.13. The molecule has 6 heteroatoms. The molecule has 1 fully saturated rings. The van der Waals surface area contributed by atoms with Crippen molar-refractivity contribution in [3.8, 4) is 0 Å². The van der Waals surface area contributed by atoms with Crippen LogP contribution in [0.1, 0.15) is 37.0 Å². The van der Waals surface area contributed by atoms with Crippen LogP contribution >= 0.6 is 0 Å². The molecule has 0 unspecified atom stereocenters. The van der Waals surface area contributed by atoms with Crippen molar-refractivity contribution in [2.24, 2.45) is 0 Å². The molecule has 0 aromatic heterocycles. The molecule has 0 saturated carbocycles. The molecule has 1 aromatic rings. The Hall–Kier alpha value is -1.24. The van der Waals surface area contributed by atoms with Gasteiger partial charge in [0.15, 0.2) is 5.78 Å². The SMILES string of the molecule is CCN1CCC(NS(=O)(=O)c2cccc(C(C)=O)c2)CC1. The van der Waals surface area contributed by atoms with Crippen LogP contribution in [0.25, 0.3) is 0 Å². The van der Waals surface area contributed by atoms with Crippen LogP contribution in [0.15, 0.2) is 29.2 Å². The summed E-state index contributed by atoms with van der Waals surface area (Å²) in [7, 11) is -3.56. The Morgan fingerprint density at radius 3 is 2.57 bits per heavy atom. The van der Waals surface area contributed by atoms with E-state index in [1.807, 2.05) is 0 Å². The summed E-state index contributed by atoms with van der Waals surface area (Å²) in [6.07, 6.45) is 1.64. The summed E-state index contributed by atoms with van der Waals surface area (Å²) in [5, 5.41) is 0. The quantitative estimate of drug-likeness (QED) is 0.840. The average Bonchev–Trinajstić information content (AvgIpc) is 2.48. The molecule has 1 aliphatic heterocycles. The van der Waals surface area contributed by atoms with E-state index in [-0.39, 0.29) is 16.7 Å². The van der Waals surface area contributed by atoms with Crippen molar-refractivity contribution in [3.63, 3.8) is 0 Å². The van der Waals surface area contributed by atoms with Crippen LogP contribution in [0.2, 0.25) is 0 Å². The lowest BCUT2D eigenvalue weighted by Gasteiger charge is -2.31. The van der Waals surface area contributed by atoms with Gasteiger partial charge in [-0.15, -0.1) is 0 Å². The molecule has 0 amide bonds. The van der Waals surface area contributed by atoms with E-state index in [1.54, 1.807) is 12.1 Å². The topological polar surface area (TPSA) is 66.5 Å². The highest BCUT2D eigenvalue weighted by molar-refractivity contribution is 7.89. The molecule has 21 heavy (non-hydrogen) atoms. The number of ketones is 1. The molecule has 116 valence electrons. The number of nitrogens with zero attached hydrogens (tertiary/aromatic N) is 1. The Balaban J connectivity index is 2.08. The summed E-state index contributed by atoms with van der Waals surface area (Å²) >= 11 is 0. The second-order valence-corrected chi connectivity index (χ2v) is 7.13. The third kappa shape index (κ3) is 4.12. The van der Waals surface area contributed by atoms with Crippen LogP contribution in [-0.2, 0) is 10.0 Å². The lowest BCUT2D eigenvalue weighted by atomic mass is 10.1. The van der Waals surface area contributed by atoms with Crippen LogP contribution in [0.5, 0.6) is 0 Å². The molecule has 0 radical (unpaired) electrons. The van der Waals surface area contributed by atoms with Gasteiger partial charge in [0.25, 0.3) is 0 Å². The summed E-state index contributed by atoms with van der Waals surface area (Å²) in [5.41, 5.74) is 0.415. The van der Waals surface area contributed by atoms with Gasteiger partial charge in [-0.3, -0.25) is 4.79 Å². The first-order chi connectivity index (χ1) is 9.92. The summed E-state index contributed by atoms with van der Waals surface area (Å²) in [4.78, 5) is 13.8. The molecule has 5 nitrogen and oxygen atoms in total. The lowest BCUT2D eigenvalue weighted by molar-refractivity contribution is 0.101. The zero-order valence-electron chi connectivity index (χ0n) is 12.5. The summed E-state index contributed by atoms with van der Waals surface area (Å²) in [6.45, 7) is 6.37. The molecular formula is C15H22N2O3S. The number of Topliss-reactive ketones (excluding diaryl/α,β-unsaturated/α-hetero) is 1. The molecule has 1 saturated heterocycles. The number of carbonyl (C=O) groups excluding carboxylic acids is 1. The van der Waals surface area contributed by atoms with Crippen LogP contribution in [0.3, 0.4) is 0 Å².